The van der Waals surface area contributed by atoms with Gasteiger partial charge in [0.2, 0.25) is 12.5 Å². The van der Waals surface area contributed by atoms with Gasteiger partial charge < -0.3 is 19.3 Å². The average Bonchev–Trinajstić information content (AvgIpc) is 2.73. The lowest BCUT2D eigenvalue weighted by molar-refractivity contribution is 0.0618. The molecule has 1 aromatic carbocycles. The highest BCUT2D eigenvalue weighted by atomic mass is 16.7. The third-order valence-corrected chi connectivity index (χ3v) is 3.62. The van der Waals surface area contributed by atoms with Gasteiger partial charge in [0.1, 0.15) is 0 Å². The molecule has 1 heterocycles. The van der Waals surface area contributed by atoms with Gasteiger partial charge in [-0.05, 0) is 36.5 Å². The molecule has 1 aromatic rings. The summed E-state index contributed by atoms with van der Waals surface area (Å²) in [6.45, 7) is 0.217. The standard InChI is InChI=1S/C13H16O4/c1-15-10-5-9(12(14)8-3-2-4-8)6-11-13(10)17-7-16-11/h5-6,8,12,14H,2-4,7H2,1H3. The predicted octanol–water partition coefficient (Wildman–Crippen LogP) is 2.26. The van der Waals surface area contributed by atoms with E-state index in [2.05, 4.69) is 0 Å². The van der Waals surface area contributed by atoms with E-state index in [1.54, 1.807) is 7.11 Å². The van der Waals surface area contributed by atoms with E-state index in [0.29, 0.717) is 23.2 Å². The molecule has 1 atom stereocenters. The van der Waals surface area contributed by atoms with Crippen molar-refractivity contribution in [2.24, 2.45) is 5.92 Å². The lowest BCUT2D eigenvalue weighted by Crippen LogP contribution is -2.19. The molecule has 0 aromatic heterocycles. The normalized spacial score (nSPS) is 19.9. The van der Waals surface area contributed by atoms with Crippen molar-refractivity contribution in [3.8, 4) is 17.2 Å². The number of methoxy groups -OCH3 is 1. The van der Waals surface area contributed by atoms with Gasteiger partial charge in [-0.2, -0.15) is 0 Å². The fourth-order valence-corrected chi connectivity index (χ4v) is 2.35. The van der Waals surface area contributed by atoms with Gasteiger partial charge in [0.05, 0.1) is 13.2 Å². The summed E-state index contributed by atoms with van der Waals surface area (Å²) in [5, 5.41) is 10.2. The minimum atomic E-state index is -0.424. The molecule has 0 spiro atoms. The van der Waals surface area contributed by atoms with Crippen LogP contribution in [0.4, 0.5) is 0 Å². The molecule has 0 radical (unpaired) electrons. The molecule has 1 unspecified atom stereocenters. The molecule has 0 saturated heterocycles. The monoisotopic (exact) mass is 236 g/mol. The van der Waals surface area contributed by atoms with Gasteiger partial charge in [-0.1, -0.05) is 6.42 Å². The van der Waals surface area contributed by atoms with E-state index in [9.17, 15) is 5.11 Å². The minimum Gasteiger partial charge on any atom is -0.493 e. The van der Waals surface area contributed by atoms with Crippen LogP contribution in [0.2, 0.25) is 0 Å². The second-order valence-corrected chi connectivity index (χ2v) is 4.59. The van der Waals surface area contributed by atoms with Crippen LogP contribution in [-0.2, 0) is 0 Å². The van der Waals surface area contributed by atoms with Crippen LogP contribution < -0.4 is 14.2 Å². The van der Waals surface area contributed by atoms with Crippen LogP contribution in [0.15, 0.2) is 12.1 Å². The molecule has 92 valence electrons. The van der Waals surface area contributed by atoms with E-state index in [0.717, 1.165) is 18.4 Å². The summed E-state index contributed by atoms with van der Waals surface area (Å²) < 4.78 is 15.9. The van der Waals surface area contributed by atoms with E-state index in [4.69, 9.17) is 14.2 Å². The molecule has 1 aliphatic heterocycles. The van der Waals surface area contributed by atoms with Crippen molar-refractivity contribution in [1.82, 2.24) is 0 Å². The predicted molar refractivity (Wildman–Crippen MR) is 61.4 cm³/mol. The molecule has 1 fully saturated rings. The number of hydrogen-bond donors (Lipinski definition) is 1. The lowest BCUT2D eigenvalue weighted by atomic mass is 9.79. The minimum absolute atomic E-state index is 0.217. The number of aliphatic hydroxyl groups excluding tert-OH is 1. The van der Waals surface area contributed by atoms with Crippen molar-refractivity contribution in [3.63, 3.8) is 0 Å². The fraction of sp³-hybridized carbons (Fsp3) is 0.538. The van der Waals surface area contributed by atoms with Crippen molar-refractivity contribution < 1.29 is 19.3 Å². The molecular formula is C13H16O4. The Hall–Kier alpha value is -1.42. The quantitative estimate of drug-likeness (QED) is 0.874. The fourth-order valence-electron chi connectivity index (χ4n) is 2.35. The zero-order valence-electron chi connectivity index (χ0n) is 9.81. The molecule has 1 N–H and O–H groups in total. The summed E-state index contributed by atoms with van der Waals surface area (Å²) in [5.41, 5.74) is 0.857. The van der Waals surface area contributed by atoms with Gasteiger partial charge >= 0.3 is 0 Å². The average molecular weight is 236 g/mol. The van der Waals surface area contributed by atoms with Gasteiger partial charge in [0.25, 0.3) is 0 Å². The smallest absolute Gasteiger partial charge is 0.231 e. The van der Waals surface area contributed by atoms with Gasteiger partial charge in [0, 0.05) is 0 Å². The number of aliphatic hydroxyl groups is 1. The molecule has 4 nitrogen and oxygen atoms in total. The second kappa shape index (κ2) is 4.11. The van der Waals surface area contributed by atoms with Crippen LogP contribution >= 0.6 is 0 Å². The first-order valence-corrected chi connectivity index (χ1v) is 5.95. The SMILES string of the molecule is COc1cc(C(O)C2CCC2)cc2c1OCO2. The maximum Gasteiger partial charge on any atom is 0.231 e. The number of rotatable bonds is 3. The van der Waals surface area contributed by atoms with Gasteiger partial charge in [0.15, 0.2) is 11.5 Å². The van der Waals surface area contributed by atoms with Gasteiger partial charge in [-0.3, -0.25) is 0 Å². The Bertz CT molecular complexity index is 426. The van der Waals surface area contributed by atoms with Crippen LogP contribution in [0.25, 0.3) is 0 Å². The third kappa shape index (κ3) is 1.72. The largest absolute Gasteiger partial charge is 0.493 e. The van der Waals surface area contributed by atoms with Crippen molar-refractivity contribution >= 4 is 0 Å². The topological polar surface area (TPSA) is 47.9 Å². The lowest BCUT2D eigenvalue weighted by Gasteiger charge is -2.30. The highest BCUT2D eigenvalue weighted by Crippen LogP contribution is 2.45. The van der Waals surface area contributed by atoms with Crippen LogP contribution in [0.1, 0.15) is 30.9 Å². The molecule has 0 amide bonds. The summed E-state index contributed by atoms with van der Waals surface area (Å²) in [6, 6.07) is 3.70. The summed E-state index contributed by atoms with van der Waals surface area (Å²) >= 11 is 0. The van der Waals surface area contributed by atoms with Crippen molar-refractivity contribution in [1.29, 1.82) is 0 Å². The Morgan fingerprint density at radius 2 is 2.18 bits per heavy atom. The molecule has 0 bridgehead atoms. The number of fused-ring (bicyclic) bond motifs is 1. The Morgan fingerprint density at radius 3 is 2.82 bits per heavy atom. The molecule has 1 aliphatic carbocycles. The summed E-state index contributed by atoms with van der Waals surface area (Å²) in [4.78, 5) is 0. The van der Waals surface area contributed by atoms with Crippen LogP contribution in [0.5, 0.6) is 17.2 Å². The summed E-state index contributed by atoms with van der Waals surface area (Å²) in [5.74, 6) is 2.31. The van der Waals surface area contributed by atoms with E-state index in [1.165, 1.54) is 6.42 Å². The van der Waals surface area contributed by atoms with Crippen LogP contribution in [0.3, 0.4) is 0 Å². The highest BCUT2D eigenvalue weighted by molar-refractivity contribution is 5.55. The first kappa shape index (κ1) is 10.7. The van der Waals surface area contributed by atoms with E-state index in [1.807, 2.05) is 12.1 Å². The number of hydrogen-bond acceptors (Lipinski definition) is 4. The van der Waals surface area contributed by atoms with E-state index in [-0.39, 0.29) is 6.79 Å². The summed E-state index contributed by atoms with van der Waals surface area (Å²) in [6.07, 6.45) is 2.98. The number of ether oxygens (including phenoxy) is 3. The van der Waals surface area contributed by atoms with Crippen LogP contribution in [0, 0.1) is 5.92 Å². The van der Waals surface area contributed by atoms with Crippen molar-refractivity contribution in [2.75, 3.05) is 13.9 Å². The zero-order valence-corrected chi connectivity index (χ0v) is 9.81. The van der Waals surface area contributed by atoms with Gasteiger partial charge in [-0.25, -0.2) is 0 Å². The Balaban J connectivity index is 1.94. The molecule has 4 heteroatoms. The van der Waals surface area contributed by atoms with Crippen molar-refractivity contribution in [2.45, 2.75) is 25.4 Å². The van der Waals surface area contributed by atoms with Gasteiger partial charge in [-0.15, -0.1) is 0 Å². The first-order valence-electron chi connectivity index (χ1n) is 5.95. The molecule has 1 saturated carbocycles. The maximum absolute atomic E-state index is 10.2. The Labute approximate surface area is 100 Å². The maximum atomic E-state index is 10.2. The van der Waals surface area contributed by atoms with Crippen molar-refractivity contribution in [3.05, 3.63) is 17.7 Å². The first-order chi connectivity index (χ1) is 8.29. The highest BCUT2D eigenvalue weighted by Gasteiger charge is 2.29. The zero-order chi connectivity index (χ0) is 11.8. The Morgan fingerprint density at radius 1 is 1.35 bits per heavy atom. The molecule has 2 aliphatic rings. The summed E-state index contributed by atoms with van der Waals surface area (Å²) in [7, 11) is 1.59. The van der Waals surface area contributed by atoms with E-state index >= 15 is 0 Å². The number of benzene rings is 1. The Kier molecular flexibility index (Phi) is 2.59. The second-order valence-electron chi connectivity index (χ2n) is 4.59. The van der Waals surface area contributed by atoms with Crippen LogP contribution in [-0.4, -0.2) is 19.0 Å². The van der Waals surface area contributed by atoms with E-state index < -0.39 is 6.10 Å². The molecule has 3 rings (SSSR count). The third-order valence-electron chi connectivity index (χ3n) is 3.62. The molecule has 17 heavy (non-hydrogen) atoms. The molecular weight excluding hydrogens is 220 g/mol.